The van der Waals surface area contributed by atoms with Gasteiger partial charge in [0.25, 0.3) is 0 Å². The summed E-state index contributed by atoms with van der Waals surface area (Å²) in [5.74, 6) is 0. The van der Waals surface area contributed by atoms with Gasteiger partial charge in [-0.05, 0) is 50.0 Å². The zero-order valence-electron chi connectivity index (χ0n) is 15.2. The summed E-state index contributed by atoms with van der Waals surface area (Å²) in [5, 5.41) is 10.4. The van der Waals surface area contributed by atoms with Gasteiger partial charge in [0.15, 0.2) is 5.13 Å². The zero-order valence-corrected chi connectivity index (χ0v) is 16.0. The maximum atomic E-state index is 9.28. The molecule has 3 aromatic rings. The van der Waals surface area contributed by atoms with Crippen molar-refractivity contribution in [1.29, 1.82) is 0 Å². The van der Waals surface area contributed by atoms with Gasteiger partial charge in [0.2, 0.25) is 0 Å². The van der Waals surface area contributed by atoms with Gasteiger partial charge in [-0.3, -0.25) is 4.90 Å². The molecule has 1 N–H and O–H groups in total. The van der Waals surface area contributed by atoms with Crippen LogP contribution in [0.2, 0.25) is 0 Å². The van der Waals surface area contributed by atoms with Gasteiger partial charge in [0.05, 0.1) is 10.2 Å². The molecule has 5 rings (SSSR count). The van der Waals surface area contributed by atoms with Crippen LogP contribution in [-0.2, 0) is 0 Å². The number of benzene rings is 1. The van der Waals surface area contributed by atoms with E-state index in [1.807, 2.05) is 6.07 Å². The molecule has 2 fully saturated rings. The quantitative estimate of drug-likeness (QED) is 0.749. The largest absolute Gasteiger partial charge is 0.479 e. The van der Waals surface area contributed by atoms with E-state index in [1.165, 1.54) is 43.5 Å². The molecule has 2 saturated heterocycles. The highest BCUT2D eigenvalue weighted by Crippen LogP contribution is 2.34. The topological polar surface area (TPSA) is 65.4 Å². The molecule has 0 bridgehead atoms. The van der Waals surface area contributed by atoms with Crippen molar-refractivity contribution in [2.45, 2.75) is 31.7 Å². The van der Waals surface area contributed by atoms with Crippen molar-refractivity contribution in [2.24, 2.45) is 0 Å². The average molecular weight is 382 g/mol. The van der Waals surface area contributed by atoms with Crippen LogP contribution in [0.25, 0.3) is 21.3 Å². The molecule has 0 saturated carbocycles. The number of fused-ring (bicyclic) bond motifs is 1. The molecule has 140 valence electrons. The van der Waals surface area contributed by atoms with Crippen LogP contribution in [0.5, 0.6) is 6.01 Å². The third-order valence-electron chi connectivity index (χ3n) is 5.69. The highest BCUT2D eigenvalue weighted by Gasteiger charge is 2.29. The third-order valence-corrected chi connectivity index (χ3v) is 6.77. The summed E-state index contributed by atoms with van der Waals surface area (Å²) in [7, 11) is 0. The van der Waals surface area contributed by atoms with Crippen molar-refractivity contribution in [3.05, 3.63) is 30.6 Å². The highest BCUT2D eigenvalue weighted by atomic mass is 32.1. The van der Waals surface area contributed by atoms with E-state index >= 15 is 0 Å². The first kappa shape index (κ1) is 16.9. The first-order valence-electron chi connectivity index (χ1n) is 9.67. The normalized spacial score (nSPS) is 21.2. The average Bonchev–Trinajstić information content (AvgIpc) is 3.36. The van der Waals surface area contributed by atoms with Crippen molar-refractivity contribution in [3.63, 3.8) is 0 Å². The monoisotopic (exact) mass is 381 g/mol. The number of rotatable bonds is 3. The fraction of sp³-hybridized carbons (Fsp3) is 0.450. The van der Waals surface area contributed by atoms with E-state index in [0.29, 0.717) is 6.04 Å². The fourth-order valence-corrected chi connectivity index (χ4v) is 5.23. The number of hydrogen-bond acceptors (Lipinski definition) is 7. The molecular weight excluding hydrogens is 358 g/mol. The summed E-state index contributed by atoms with van der Waals surface area (Å²) in [6.45, 7) is 4.71. The smallest absolute Gasteiger partial charge is 0.313 e. The molecule has 1 aromatic carbocycles. The van der Waals surface area contributed by atoms with E-state index in [-0.39, 0.29) is 6.01 Å². The number of piperidine rings is 1. The third kappa shape index (κ3) is 3.37. The molecule has 0 radical (unpaired) electrons. The van der Waals surface area contributed by atoms with Gasteiger partial charge in [-0.15, -0.1) is 0 Å². The van der Waals surface area contributed by atoms with Crippen LogP contribution >= 0.6 is 11.3 Å². The van der Waals surface area contributed by atoms with Crippen LogP contribution in [0.4, 0.5) is 5.13 Å². The molecule has 27 heavy (non-hydrogen) atoms. The molecule has 1 atom stereocenters. The first-order valence-corrected chi connectivity index (χ1v) is 10.5. The zero-order chi connectivity index (χ0) is 18.2. The van der Waals surface area contributed by atoms with Gasteiger partial charge in [-0.1, -0.05) is 23.8 Å². The van der Waals surface area contributed by atoms with Gasteiger partial charge < -0.3 is 10.0 Å². The van der Waals surface area contributed by atoms with Crippen molar-refractivity contribution >= 4 is 26.7 Å². The van der Waals surface area contributed by atoms with Gasteiger partial charge in [0, 0.05) is 37.1 Å². The minimum atomic E-state index is -0.197. The SMILES string of the molecule is Oc1ncc(-c2ccc3nc(N4CC[C@@H](N5CCCCC5)C4)sc3c2)cn1. The van der Waals surface area contributed by atoms with E-state index in [9.17, 15) is 5.11 Å². The van der Waals surface area contributed by atoms with Crippen molar-refractivity contribution in [3.8, 4) is 17.1 Å². The van der Waals surface area contributed by atoms with Crippen molar-refractivity contribution in [1.82, 2.24) is 19.9 Å². The summed E-state index contributed by atoms with van der Waals surface area (Å²) < 4.78 is 1.18. The molecule has 0 spiro atoms. The fourth-order valence-electron chi connectivity index (χ4n) is 4.19. The maximum absolute atomic E-state index is 9.28. The Hall–Kier alpha value is -2.25. The number of aromatic nitrogens is 3. The second-order valence-corrected chi connectivity index (χ2v) is 8.44. The molecule has 0 amide bonds. The maximum Gasteiger partial charge on any atom is 0.313 e. The predicted molar refractivity (Wildman–Crippen MR) is 108 cm³/mol. The van der Waals surface area contributed by atoms with E-state index < -0.39 is 0 Å². The summed E-state index contributed by atoms with van der Waals surface area (Å²) in [5.41, 5.74) is 2.99. The molecule has 0 aliphatic carbocycles. The lowest BCUT2D eigenvalue weighted by atomic mass is 10.1. The molecule has 2 aliphatic heterocycles. The van der Waals surface area contributed by atoms with Gasteiger partial charge in [-0.25, -0.2) is 15.0 Å². The Morgan fingerprint density at radius 3 is 2.63 bits per heavy atom. The molecule has 6 nitrogen and oxygen atoms in total. The summed E-state index contributed by atoms with van der Waals surface area (Å²) >= 11 is 1.76. The minimum absolute atomic E-state index is 0.197. The lowest BCUT2D eigenvalue weighted by Gasteiger charge is -2.32. The number of nitrogens with zero attached hydrogens (tertiary/aromatic N) is 5. The molecule has 7 heteroatoms. The van der Waals surface area contributed by atoms with E-state index in [0.717, 1.165) is 34.9 Å². The molecule has 2 aliphatic rings. The van der Waals surface area contributed by atoms with Crippen molar-refractivity contribution < 1.29 is 5.11 Å². The van der Waals surface area contributed by atoms with Crippen LogP contribution in [0, 0.1) is 0 Å². The molecule has 0 unspecified atom stereocenters. The highest BCUT2D eigenvalue weighted by molar-refractivity contribution is 7.22. The van der Waals surface area contributed by atoms with Crippen molar-refractivity contribution in [2.75, 3.05) is 31.1 Å². The standard InChI is InChI=1S/C20H23N5OS/c26-19-21-11-15(12-22-19)14-4-5-17-18(10-14)27-20(23-17)25-9-6-16(13-25)24-7-2-1-3-8-24/h4-5,10-12,16H,1-3,6-9,13H2,(H,21,22,26)/t16-/m1/s1. The van der Waals surface area contributed by atoms with Crippen LogP contribution < -0.4 is 4.90 Å². The Bertz CT molecular complexity index is 935. The number of thiazole rings is 1. The first-order chi connectivity index (χ1) is 13.3. The number of likely N-dealkylation sites (tertiary alicyclic amines) is 1. The Balaban J connectivity index is 1.36. The van der Waals surface area contributed by atoms with Gasteiger partial charge in [-0.2, -0.15) is 0 Å². The van der Waals surface area contributed by atoms with E-state index in [1.54, 1.807) is 23.7 Å². The summed E-state index contributed by atoms with van der Waals surface area (Å²) in [6, 6.07) is 6.74. The Morgan fingerprint density at radius 2 is 1.81 bits per heavy atom. The minimum Gasteiger partial charge on any atom is -0.479 e. The van der Waals surface area contributed by atoms with E-state index in [2.05, 4.69) is 31.9 Å². The van der Waals surface area contributed by atoms with Crippen LogP contribution in [0.3, 0.4) is 0 Å². The Kier molecular flexibility index (Phi) is 4.41. The second kappa shape index (κ2) is 7.05. The lowest BCUT2D eigenvalue weighted by Crippen LogP contribution is -2.40. The van der Waals surface area contributed by atoms with Gasteiger partial charge in [0.1, 0.15) is 0 Å². The number of anilines is 1. The van der Waals surface area contributed by atoms with Crippen LogP contribution in [0.1, 0.15) is 25.7 Å². The predicted octanol–water partition coefficient (Wildman–Crippen LogP) is 3.52. The van der Waals surface area contributed by atoms with Crippen LogP contribution in [0.15, 0.2) is 30.6 Å². The lowest BCUT2D eigenvalue weighted by molar-refractivity contribution is 0.175. The Morgan fingerprint density at radius 1 is 1.00 bits per heavy atom. The Labute approximate surface area is 162 Å². The molecular formula is C20H23N5OS. The molecule has 2 aromatic heterocycles. The summed E-state index contributed by atoms with van der Waals surface area (Å²) in [4.78, 5) is 17.8. The summed E-state index contributed by atoms with van der Waals surface area (Å²) in [6.07, 6.45) is 8.62. The van der Waals surface area contributed by atoms with Crippen LogP contribution in [-0.4, -0.2) is 57.2 Å². The van der Waals surface area contributed by atoms with E-state index in [4.69, 9.17) is 4.98 Å². The second-order valence-electron chi connectivity index (χ2n) is 7.44. The molecule has 4 heterocycles. The number of hydrogen-bond donors (Lipinski definition) is 1. The number of aromatic hydroxyl groups is 1. The van der Waals surface area contributed by atoms with Gasteiger partial charge >= 0.3 is 6.01 Å².